The molecule has 1 aromatic rings. The second kappa shape index (κ2) is 36.3. The molecule has 0 radical (unpaired) electrons. The first kappa shape index (κ1) is 74.6. The molecule has 0 bridgehead atoms. The van der Waals surface area contributed by atoms with E-state index in [0.29, 0.717) is 44.1 Å². The van der Waals surface area contributed by atoms with Gasteiger partial charge in [-0.2, -0.15) is 0 Å². The number of unbranched alkanes of at least 4 members (excludes halogenated alkanes) is 4. The third-order valence-corrected chi connectivity index (χ3v) is 18.1. The van der Waals surface area contributed by atoms with Crippen LogP contribution >= 0.6 is 0 Å². The van der Waals surface area contributed by atoms with Crippen LogP contribution in [0.1, 0.15) is 183 Å². The lowest BCUT2D eigenvalue weighted by atomic mass is 9.95. The Labute approximate surface area is 534 Å². The van der Waals surface area contributed by atoms with E-state index in [1.54, 1.807) is 51.1 Å². The maximum absolute atomic E-state index is 14.2. The highest BCUT2D eigenvalue weighted by atomic mass is 16.8. The van der Waals surface area contributed by atoms with E-state index in [4.69, 9.17) is 66.3 Å². The van der Waals surface area contributed by atoms with Crippen molar-refractivity contribution >= 4 is 30.0 Å². The first-order valence-corrected chi connectivity index (χ1v) is 33.4. The molecule has 0 saturated carbocycles. The zero-order chi connectivity index (χ0) is 66.1. The number of aliphatic hydroxyl groups excluding tert-OH is 7. The molecule has 6 saturated heterocycles. The Kier molecular flexibility index (Phi) is 29.8. The van der Waals surface area contributed by atoms with Crippen LogP contribution in [-0.2, 0) is 85.5 Å². The summed E-state index contributed by atoms with van der Waals surface area (Å²) in [4.78, 5) is 55.2. The summed E-state index contributed by atoms with van der Waals surface area (Å²) in [7, 11) is 0. The standard InChI is InChI=1S/C66H104O25/c1-10-13-21-29-42-30-25-18-16-15-17-19-26-32-43(67)85-58-51(75)53(38(7)81-65(58)90-57-49(73)47(71)37(6)79-64(57)83-42)88-66-60(86-44(68)31-22-14-11-2)59(91-62-50(74)48(72)46(70)36(5)78-62)55(40(9)82-66)89-63-52(76)56(54(39(8)80-63)87-61(77)35(4)12-3)84-45(69)34-33-41-27-23-20-24-28-41/h20,23-24,27-28,33-40,42,46-60,62-66,70-76H,10-19,21-22,25-26,29-32H2,1-9H3. The number of rotatable bonds is 21. The quantitative estimate of drug-likeness (QED) is 0.0357. The van der Waals surface area contributed by atoms with Gasteiger partial charge in [0, 0.05) is 18.9 Å². The number of hydrogen-bond acceptors (Lipinski definition) is 25. The van der Waals surface area contributed by atoms with E-state index < -0.39 is 183 Å². The molecule has 25 heteroatoms. The van der Waals surface area contributed by atoms with Crippen molar-refractivity contribution in [3.8, 4) is 0 Å². The fourth-order valence-corrected chi connectivity index (χ4v) is 12.2. The minimum atomic E-state index is -1.94. The van der Waals surface area contributed by atoms with Crippen LogP contribution in [0.4, 0.5) is 0 Å². The summed E-state index contributed by atoms with van der Waals surface area (Å²) in [5.41, 5.74) is 0.663. The zero-order valence-corrected chi connectivity index (χ0v) is 54.3. The van der Waals surface area contributed by atoms with Crippen LogP contribution in [-0.4, -0.2) is 219 Å². The number of esters is 4. The monoisotopic (exact) mass is 1300 g/mol. The van der Waals surface area contributed by atoms with Gasteiger partial charge in [-0.25, -0.2) is 4.79 Å². The molecule has 1 aromatic carbocycles. The van der Waals surface area contributed by atoms with Crippen LogP contribution in [0.2, 0.25) is 0 Å². The minimum Gasteiger partial charge on any atom is -0.455 e. The van der Waals surface area contributed by atoms with Gasteiger partial charge >= 0.3 is 23.9 Å². The molecule has 91 heavy (non-hydrogen) atoms. The number of carbonyl (C=O) groups excluding carboxylic acids is 4. The molecule has 25 nitrogen and oxygen atoms in total. The molecule has 0 spiro atoms. The first-order chi connectivity index (χ1) is 43.5. The molecule has 6 fully saturated rings. The molecule has 7 rings (SSSR count). The van der Waals surface area contributed by atoms with Gasteiger partial charge in [-0.1, -0.05) is 129 Å². The molecule has 518 valence electrons. The Balaban J connectivity index is 1.24. The number of aliphatic hydroxyl groups is 7. The number of hydrogen-bond donors (Lipinski definition) is 7. The van der Waals surface area contributed by atoms with Crippen molar-refractivity contribution in [1.82, 2.24) is 0 Å². The summed E-state index contributed by atoms with van der Waals surface area (Å²) in [5, 5.41) is 81.5. The highest BCUT2D eigenvalue weighted by Gasteiger charge is 2.59. The van der Waals surface area contributed by atoms with Gasteiger partial charge in [-0.15, -0.1) is 0 Å². The van der Waals surface area contributed by atoms with Crippen molar-refractivity contribution < 1.29 is 121 Å². The summed E-state index contributed by atoms with van der Waals surface area (Å²) in [6, 6.07) is 8.87. The fraction of sp³-hybridized carbons (Fsp3) is 0.818. The Morgan fingerprint density at radius 1 is 0.527 bits per heavy atom. The lowest BCUT2D eigenvalue weighted by Gasteiger charge is -2.51. The van der Waals surface area contributed by atoms with Gasteiger partial charge in [0.25, 0.3) is 0 Å². The molecule has 6 aliphatic rings. The van der Waals surface area contributed by atoms with Gasteiger partial charge < -0.3 is 102 Å². The Morgan fingerprint density at radius 2 is 1.10 bits per heavy atom. The average Bonchev–Trinajstić information content (AvgIpc) is 0.780. The van der Waals surface area contributed by atoms with Gasteiger partial charge in [0.1, 0.15) is 67.1 Å². The highest BCUT2D eigenvalue weighted by molar-refractivity contribution is 5.87. The summed E-state index contributed by atoms with van der Waals surface area (Å²) < 4.78 is 89.0. The molecule has 0 aliphatic carbocycles. The Bertz CT molecular complexity index is 2380. The van der Waals surface area contributed by atoms with Crippen molar-refractivity contribution in [3.05, 3.63) is 42.0 Å². The number of benzene rings is 1. The van der Waals surface area contributed by atoms with Crippen LogP contribution in [0.3, 0.4) is 0 Å². The van der Waals surface area contributed by atoms with E-state index in [9.17, 15) is 54.9 Å². The Hall–Kier alpha value is -3.84. The van der Waals surface area contributed by atoms with Crippen LogP contribution < -0.4 is 0 Å². The van der Waals surface area contributed by atoms with Crippen LogP contribution in [0, 0.1) is 5.92 Å². The second-order valence-corrected chi connectivity index (χ2v) is 25.4. The smallest absolute Gasteiger partial charge is 0.331 e. The molecular formula is C66H104O25. The zero-order valence-electron chi connectivity index (χ0n) is 54.3. The van der Waals surface area contributed by atoms with Gasteiger partial charge in [0.2, 0.25) is 0 Å². The lowest BCUT2D eigenvalue weighted by Crippen LogP contribution is -2.68. The average molecular weight is 1300 g/mol. The summed E-state index contributed by atoms with van der Waals surface area (Å²) in [5.74, 6) is -3.66. The predicted molar refractivity (Wildman–Crippen MR) is 322 cm³/mol. The molecule has 7 N–H and O–H groups in total. The molecule has 6 aliphatic heterocycles. The largest absolute Gasteiger partial charge is 0.455 e. The maximum atomic E-state index is 14.2. The van der Waals surface area contributed by atoms with E-state index in [0.717, 1.165) is 70.3 Å². The highest BCUT2D eigenvalue weighted by Crippen LogP contribution is 2.40. The second-order valence-electron chi connectivity index (χ2n) is 25.4. The minimum absolute atomic E-state index is 0.0384. The van der Waals surface area contributed by atoms with Gasteiger partial charge in [0.05, 0.1) is 42.5 Å². The fourth-order valence-electron chi connectivity index (χ4n) is 12.2. The van der Waals surface area contributed by atoms with Gasteiger partial charge in [0.15, 0.2) is 55.9 Å². The first-order valence-electron chi connectivity index (χ1n) is 33.4. The third kappa shape index (κ3) is 20.4. The number of fused-ring (bicyclic) bond motifs is 2. The van der Waals surface area contributed by atoms with E-state index in [2.05, 4.69) is 6.92 Å². The number of carbonyl (C=O) groups is 4. The SMILES string of the molecule is CCCCCC(=O)OC1C(OC2C(C)OC3OC4C(OC(CCCCC)CCCCCCCCCC(=O)OC3C2O)OC(C)C(O)C4O)OC(C)C(OC2OC(C)C(OC(=O)C(C)CC)C(OC(=O)C=Cc3ccccc3)C2O)C1OC1OC(C)C(O)C(O)C1O. The molecule has 27 unspecified atom stereocenters. The maximum Gasteiger partial charge on any atom is 0.331 e. The normalized spacial score (nSPS) is 40.3. The van der Waals surface area contributed by atoms with Crippen molar-refractivity contribution in [1.29, 1.82) is 0 Å². The predicted octanol–water partition coefficient (Wildman–Crippen LogP) is 5.25. The Morgan fingerprint density at radius 3 is 1.80 bits per heavy atom. The van der Waals surface area contributed by atoms with E-state index in [1.165, 1.54) is 33.8 Å². The third-order valence-electron chi connectivity index (χ3n) is 18.1. The molecular weight excluding hydrogens is 1190 g/mol. The van der Waals surface area contributed by atoms with Crippen molar-refractivity contribution in [2.45, 2.75) is 338 Å². The van der Waals surface area contributed by atoms with Crippen LogP contribution in [0.25, 0.3) is 6.08 Å². The van der Waals surface area contributed by atoms with Crippen molar-refractivity contribution in [2.75, 3.05) is 0 Å². The molecule has 0 amide bonds. The van der Waals surface area contributed by atoms with Gasteiger partial charge in [-0.3, -0.25) is 14.4 Å². The van der Waals surface area contributed by atoms with Gasteiger partial charge in [-0.05, 0) is 78.4 Å². The van der Waals surface area contributed by atoms with Crippen LogP contribution in [0.5, 0.6) is 0 Å². The molecule has 6 heterocycles. The lowest BCUT2D eigenvalue weighted by molar-refractivity contribution is -0.399. The van der Waals surface area contributed by atoms with E-state index in [-0.39, 0.29) is 18.9 Å². The molecule has 27 atom stereocenters. The van der Waals surface area contributed by atoms with Crippen molar-refractivity contribution in [3.63, 3.8) is 0 Å². The van der Waals surface area contributed by atoms with E-state index >= 15 is 0 Å². The molecule has 0 aromatic heterocycles. The summed E-state index contributed by atoms with van der Waals surface area (Å²) >= 11 is 0. The van der Waals surface area contributed by atoms with Crippen molar-refractivity contribution in [2.24, 2.45) is 5.92 Å². The summed E-state index contributed by atoms with van der Waals surface area (Å²) in [6.45, 7) is 15.1. The van der Waals surface area contributed by atoms with E-state index in [1.807, 2.05) is 6.92 Å². The number of ether oxygens (including phenoxy) is 14. The topological polar surface area (TPSA) is 339 Å². The van der Waals surface area contributed by atoms with Crippen LogP contribution in [0.15, 0.2) is 36.4 Å². The summed E-state index contributed by atoms with van der Waals surface area (Å²) in [6.07, 6.45) is -24.3.